The summed E-state index contributed by atoms with van der Waals surface area (Å²) in [5, 5.41) is 17.6. The number of nitrogens with one attached hydrogen (secondary N) is 3. The fourth-order valence-electron chi connectivity index (χ4n) is 2.61. The number of rotatable bonds is 6. The molecule has 1 fully saturated rings. The first-order valence-corrected chi connectivity index (χ1v) is 9.83. The molecule has 1 aliphatic heterocycles. The quantitative estimate of drug-likeness (QED) is 0.394. The Kier molecular flexibility index (Phi) is 8.38. The van der Waals surface area contributed by atoms with Gasteiger partial charge in [0.2, 0.25) is 5.91 Å². The molecule has 1 aliphatic rings. The van der Waals surface area contributed by atoms with Gasteiger partial charge in [-0.3, -0.25) is 10.1 Å². The van der Waals surface area contributed by atoms with Crippen LogP contribution in [0.1, 0.15) is 22.5 Å². The van der Waals surface area contributed by atoms with Crippen molar-refractivity contribution in [1.82, 2.24) is 10.3 Å². The molecule has 3 amide bonds. The number of hydrogen-bond donors (Lipinski definition) is 6. The Morgan fingerprint density at radius 2 is 1.97 bits per heavy atom. The summed E-state index contributed by atoms with van der Waals surface area (Å²) in [4.78, 5) is 36.3. The summed E-state index contributed by atoms with van der Waals surface area (Å²) in [5.74, 6) is -0.669. The lowest BCUT2D eigenvalue weighted by Crippen LogP contribution is -2.37. The van der Waals surface area contributed by atoms with E-state index in [2.05, 4.69) is 20.9 Å². The Bertz CT molecular complexity index is 880. The monoisotopic (exact) mass is 436 g/mol. The second-order valence-corrected chi connectivity index (χ2v) is 7.29. The van der Waals surface area contributed by atoms with Crippen LogP contribution in [0.5, 0.6) is 5.75 Å². The second-order valence-electron chi connectivity index (χ2n) is 6.29. The lowest BCUT2D eigenvalue weighted by molar-refractivity contribution is -0.122. The molecule has 12 heteroatoms. The van der Waals surface area contributed by atoms with Gasteiger partial charge in [0.05, 0.1) is 13.0 Å². The number of benzene rings is 1. The van der Waals surface area contributed by atoms with E-state index in [1.54, 1.807) is 31.4 Å². The van der Waals surface area contributed by atoms with Gasteiger partial charge in [-0.15, -0.1) is 0 Å². The van der Waals surface area contributed by atoms with Crippen LogP contribution in [-0.2, 0) is 4.79 Å². The number of hydrogen-bond acceptors (Lipinski definition) is 8. The van der Waals surface area contributed by atoms with Crippen LogP contribution in [0.4, 0.5) is 21.4 Å². The molecule has 0 aliphatic carbocycles. The Balaban J connectivity index is 0.000000297. The minimum absolute atomic E-state index is 0.0822. The first-order chi connectivity index (χ1) is 14.3. The van der Waals surface area contributed by atoms with E-state index in [9.17, 15) is 14.4 Å². The number of carboxylic acids is 1. The van der Waals surface area contributed by atoms with Crippen molar-refractivity contribution in [3.63, 3.8) is 0 Å². The van der Waals surface area contributed by atoms with Crippen molar-refractivity contribution in [2.45, 2.75) is 12.8 Å². The fraction of sp³-hybridized carbons (Fsp3) is 0.333. The molecule has 30 heavy (non-hydrogen) atoms. The maximum atomic E-state index is 11.1. The third kappa shape index (κ3) is 6.90. The lowest BCUT2D eigenvalue weighted by Gasteiger charge is -2.18. The molecule has 3 rings (SSSR count). The van der Waals surface area contributed by atoms with Crippen molar-refractivity contribution >= 4 is 45.9 Å². The molecule has 0 unspecified atom stereocenters. The van der Waals surface area contributed by atoms with Gasteiger partial charge in [-0.1, -0.05) is 11.3 Å². The number of piperidine rings is 1. The molecule has 0 radical (unpaired) electrons. The molecule has 1 aromatic carbocycles. The average molecular weight is 436 g/mol. The van der Waals surface area contributed by atoms with E-state index in [1.807, 2.05) is 0 Å². The van der Waals surface area contributed by atoms with Crippen molar-refractivity contribution in [3.05, 3.63) is 29.1 Å². The summed E-state index contributed by atoms with van der Waals surface area (Å²) in [6, 6.07) is 6.12. The van der Waals surface area contributed by atoms with Crippen LogP contribution in [-0.4, -0.2) is 48.2 Å². The largest absolute Gasteiger partial charge is 0.497 e. The number of nitrogens with zero attached hydrogens (tertiary/aromatic N) is 1. The molecule has 8 N–H and O–H groups in total. The molecular formula is C18H24N6O5S. The molecule has 0 saturated carbocycles. The highest BCUT2D eigenvalue weighted by molar-refractivity contribution is 7.18. The number of amides is 3. The van der Waals surface area contributed by atoms with Gasteiger partial charge in [-0.05, 0) is 43.7 Å². The summed E-state index contributed by atoms with van der Waals surface area (Å²) in [6.07, 6.45) is 2.04. The molecule has 2 heterocycles. The van der Waals surface area contributed by atoms with Gasteiger partial charge in [0.1, 0.15) is 5.75 Å². The summed E-state index contributed by atoms with van der Waals surface area (Å²) < 4.78 is 5.04. The van der Waals surface area contributed by atoms with E-state index < -0.39 is 12.0 Å². The second kappa shape index (κ2) is 11.0. The van der Waals surface area contributed by atoms with Gasteiger partial charge >= 0.3 is 12.0 Å². The molecular weight excluding hydrogens is 412 g/mol. The van der Waals surface area contributed by atoms with Crippen LogP contribution in [0, 0.1) is 5.92 Å². The number of carbonyl (C=O) groups excluding carboxylic acids is 2. The Morgan fingerprint density at radius 3 is 2.43 bits per heavy atom. The number of thiazole rings is 1. The van der Waals surface area contributed by atoms with Gasteiger partial charge in [-0.2, -0.15) is 0 Å². The minimum atomic E-state index is -1.20. The van der Waals surface area contributed by atoms with E-state index in [1.165, 1.54) is 0 Å². The number of nitrogens with two attached hydrogens (primary N) is 2. The highest BCUT2D eigenvalue weighted by Gasteiger charge is 2.19. The number of anilines is 3. The topological polar surface area (TPSA) is 182 Å². The van der Waals surface area contributed by atoms with Crippen molar-refractivity contribution in [3.8, 4) is 5.75 Å². The number of carbonyl (C=O) groups is 3. The van der Waals surface area contributed by atoms with Gasteiger partial charge in [0.25, 0.3) is 0 Å². The number of aromatic nitrogens is 1. The van der Waals surface area contributed by atoms with E-state index >= 15 is 0 Å². The van der Waals surface area contributed by atoms with Crippen molar-refractivity contribution in [1.29, 1.82) is 0 Å². The molecule has 162 valence electrons. The Hall–Kier alpha value is -3.38. The summed E-state index contributed by atoms with van der Waals surface area (Å²) >= 11 is 0.891. The maximum absolute atomic E-state index is 11.1. The van der Waals surface area contributed by atoms with Crippen LogP contribution >= 0.6 is 11.3 Å². The lowest BCUT2D eigenvalue weighted by atomic mass is 9.99. The number of primary amides is 2. The first kappa shape index (κ1) is 22.9. The Morgan fingerprint density at radius 1 is 1.27 bits per heavy atom. The highest BCUT2D eigenvalue weighted by atomic mass is 32.1. The van der Waals surface area contributed by atoms with Crippen LogP contribution in [0.15, 0.2) is 24.3 Å². The maximum Gasteiger partial charge on any atom is 0.349 e. The number of carboxylic acid groups (broad SMARTS) is 1. The van der Waals surface area contributed by atoms with Gasteiger partial charge in [0.15, 0.2) is 15.8 Å². The molecule has 0 spiro atoms. The third-order valence-electron chi connectivity index (χ3n) is 4.10. The molecule has 1 aromatic heterocycles. The molecule has 1 atom stereocenters. The summed E-state index contributed by atoms with van der Waals surface area (Å²) in [7, 11) is 1.56. The van der Waals surface area contributed by atoms with E-state index in [4.69, 9.17) is 21.3 Å². The highest BCUT2D eigenvalue weighted by Crippen LogP contribution is 2.29. The first-order valence-electron chi connectivity index (χ1n) is 9.01. The van der Waals surface area contributed by atoms with Gasteiger partial charge in [0, 0.05) is 12.2 Å². The smallest absolute Gasteiger partial charge is 0.349 e. The van der Waals surface area contributed by atoms with Gasteiger partial charge < -0.3 is 31.9 Å². The van der Waals surface area contributed by atoms with Crippen LogP contribution < -0.4 is 32.2 Å². The fourth-order valence-corrected chi connectivity index (χ4v) is 3.39. The third-order valence-corrected chi connectivity index (χ3v) is 5.06. The van der Waals surface area contributed by atoms with E-state index in [-0.39, 0.29) is 22.5 Å². The van der Waals surface area contributed by atoms with Crippen LogP contribution in [0.2, 0.25) is 0 Å². The van der Waals surface area contributed by atoms with Crippen molar-refractivity contribution in [2.75, 3.05) is 30.8 Å². The SMILES string of the molecule is COc1ccc(Nc2nc(NC(N)=O)c(C(=O)O)s2)cc1.NC(=O)[C@H]1CCCNC1. The standard InChI is InChI=1S/C12H12N4O4S.C6H12N2O/c1-20-7-4-2-6(3-5-7)14-12-16-9(15-11(13)19)8(21-12)10(17)18;7-6(9)5-2-1-3-8-4-5/h2-5H,1H3,(H,14,16)(H,17,18)(H3,13,15,19);5,8H,1-4H2,(H2,7,9)/t;5-/m.0/s1. The van der Waals surface area contributed by atoms with E-state index in [0.717, 1.165) is 37.3 Å². The van der Waals surface area contributed by atoms with Crippen LogP contribution in [0.3, 0.4) is 0 Å². The molecule has 1 saturated heterocycles. The number of aromatic carboxylic acids is 1. The van der Waals surface area contributed by atoms with E-state index in [0.29, 0.717) is 16.6 Å². The Labute approximate surface area is 176 Å². The predicted molar refractivity (Wildman–Crippen MR) is 113 cm³/mol. The zero-order valence-electron chi connectivity index (χ0n) is 16.3. The zero-order valence-corrected chi connectivity index (χ0v) is 17.1. The minimum Gasteiger partial charge on any atom is -0.497 e. The molecule has 0 bridgehead atoms. The van der Waals surface area contributed by atoms with Crippen LogP contribution in [0.25, 0.3) is 0 Å². The van der Waals surface area contributed by atoms with Crippen molar-refractivity contribution in [2.24, 2.45) is 17.4 Å². The number of ether oxygens (including phenoxy) is 1. The average Bonchev–Trinajstić information content (AvgIpc) is 3.11. The predicted octanol–water partition coefficient (Wildman–Crippen LogP) is 1.56. The van der Waals surface area contributed by atoms with Crippen molar-refractivity contribution < 1.29 is 24.2 Å². The zero-order chi connectivity index (χ0) is 22.1. The number of urea groups is 1. The molecule has 11 nitrogen and oxygen atoms in total. The summed E-state index contributed by atoms with van der Waals surface area (Å²) in [5.41, 5.74) is 10.8. The normalized spacial score (nSPS) is 15.3. The van der Waals surface area contributed by atoms with Gasteiger partial charge in [-0.25, -0.2) is 14.6 Å². The molecule has 2 aromatic rings. The summed E-state index contributed by atoms with van der Waals surface area (Å²) in [6.45, 7) is 1.80. The number of methoxy groups -OCH3 is 1.